The Kier molecular flexibility index (Phi) is 7.77. The molecule has 3 amide bonds. The molecular formula is C34H47N3O4. The lowest BCUT2D eigenvalue weighted by atomic mass is 9.73. The molecule has 222 valence electrons. The Balaban J connectivity index is 1.32. The lowest BCUT2D eigenvalue weighted by Crippen LogP contribution is -2.59. The lowest BCUT2D eigenvalue weighted by molar-refractivity contribution is -0.144. The molecule has 0 radical (unpaired) electrons. The Morgan fingerprint density at radius 3 is 2.39 bits per heavy atom. The third-order valence-electron chi connectivity index (χ3n) is 11.1. The molecule has 2 saturated heterocycles. The van der Waals surface area contributed by atoms with Crippen LogP contribution in [-0.4, -0.2) is 52.5 Å². The number of carbonyl (C=O) groups excluding carboxylic acids is 3. The fraction of sp³-hybridized carbons (Fsp3) is 0.676. The van der Waals surface area contributed by atoms with E-state index in [-0.39, 0.29) is 29.8 Å². The van der Waals surface area contributed by atoms with Crippen LogP contribution >= 0.6 is 0 Å². The number of anilines is 1. The number of hydrogen-bond acceptors (Lipinski definition) is 4. The highest BCUT2D eigenvalue weighted by atomic mass is 16.5. The molecule has 4 fully saturated rings. The van der Waals surface area contributed by atoms with Crippen LogP contribution in [0.15, 0.2) is 30.4 Å². The summed E-state index contributed by atoms with van der Waals surface area (Å²) in [5, 5.41) is 6.47. The molecule has 6 rings (SSSR count). The smallest absolute Gasteiger partial charge is 0.246 e. The Hall–Kier alpha value is -2.67. The zero-order valence-corrected chi connectivity index (χ0v) is 25.2. The minimum Gasteiger partial charge on any atom is -0.359 e. The van der Waals surface area contributed by atoms with Crippen LogP contribution in [0.4, 0.5) is 5.69 Å². The zero-order chi connectivity index (χ0) is 28.9. The van der Waals surface area contributed by atoms with E-state index in [4.69, 9.17) is 4.74 Å². The van der Waals surface area contributed by atoms with E-state index in [0.29, 0.717) is 11.8 Å². The molecule has 2 saturated carbocycles. The number of hydrogen-bond donors (Lipinski definition) is 2. The average molecular weight is 562 g/mol. The maximum atomic E-state index is 14.5. The number of amides is 3. The first-order chi connectivity index (χ1) is 19.7. The molecule has 2 N–H and O–H groups in total. The first kappa shape index (κ1) is 28.4. The molecule has 8 atom stereocenters. The molecular weight excluding hydrogens is 514 g/mol. The highest BCUT2D eigenvalue weighted by Crippen LogP contribution is 2.56. The predicted molar refractivity (Wildman–Crippen MR) is 159 cm³/mol. The molecule has 3 aliphatic heterocycles. The molecule has 2 aliphatic carbocycles. The van der Waals surface area contributed by atoms with Gasteiger partial charge in [-0.15, -0.1) is 0 Å². The summed E-state index contributed by atoms with van der Waals surface area (Å²) >= 11 is 0. The molecule has 7 heteroatoms. The number of rotatable bonds is 5. The second-order valence-corrected chi connectivity index (χ2v) is 13.6. The number of benzene rings is 1. The van der Waals surface area contributed by atoms with Crippen molar-refractivity contribution in [2.45, 2.75) is 122 Å². The minimum absolute atomic E-state index is 0.0132. The summed E-state index contributed by atoms with van der Waals surface area (Å²) in [6.45, 7) is 8.56. The lowest BCUT2D eigenvalue weighted by Gasteiger charge is -2.40. The van der Waals surface area contributed by atoms with E-state index in [1.807, 2.05) is 49.1 Å². The molecule has 2 bridgehead atoms. The van der Waals surface area contributed by atoms with Gasteiger partial charge >= 0.3 is 0 Å². The van der Waals surface area contributed by atoms with Gasteiger partial charge in [0.05, 0.1) is 17.9 Å². The van der Waals surface area contributed by atoms with Crippen molar-refractivity contribution in [2.24, 2.45) is 23.7 Å². The Bertz CT molecular complexity index is 1220. The predicted octanol–water partition coefficient (Wildman–Crippen LogP) is 5.45. The van der Waals surface area contributed by atoms with Crippen LogP contribution < -0.4 is 10.6 Å². The number of nitrogens with zero attached hydrogens (tertiary/aromatic N) is 1. The van der Waals surface area contributed by atoms with Crippen molar-refractivity contribution >= 4 is 23.4 Å². The van der Waals surface area contributed by atoms with Crippen LogP contribution in [-0.2, 0) is 19.1 Å². The van der Waals surface area contributed by atoms with Crippen molar-refractivity contribution < 1.29 is 19.1 Å². The highest BCUT2D eigenvalue weighted by Gasteiger charge is 2.73. The monoisotopic (exact) mass is 561 g/mol. The van der Waals surface area contributed by atoms with Gasteiger partial charge in [-0.1, -0.05) is 77.0 Å². The van der Waals surface area contributed by atoms with Gasteiger partial charge in [-0.3, -0.25) is 14.4 Å². The SMILES string of the molecule is Cc1ccc(NC(=O)C2[C@@H]3C=CC4(O3)C(C(=O)NC3CCCC(C)C3C)N(C3CCCCCCC3)C(=O)[C@H]24)cc1C. The van der Waals surface area contributed by atoms with Gasteiger partial charge in [0.15, 0.2) is 0 Å². The van der Waals surface area contributed by atoms with Gasteiger partial charge < -0.3 is 20.3 Å². The van der Waals surface area contributed by atoms with Gasteiger partial charge in [0.2, 0.25) is 17.7 Å². The van der Waals surface area contributed by atoms with Crippen molar-refractivity contribution in [3.63, 3.8) is 0 Å². The van der Waals surface area contributed by atoms with Crippen molar-refractivity contribution in [2.75, 3.05) is 5.32 Å². The molecule has 1 spiro atoms. The maximum absolute atomic E-state index is 14.5. The number of nitrogens with one attached hydrogen (secondary N) is 2. The molecule has 1 aromatic rings. The molecule has 5 aliphatic rings. The van der Waals surface area contributed by atoms with Crippen LogP contribution in [0.2, 0.25) is 0 Å². The molecule has 6 unspecified atom stereocenters. The summed E-state index contributed by atoms with van der Waals surface area (Å²) in [6.07, 6.45) is 14.0. The van der Waals surface area contributed by atoms with Crippen LogP contribution in [0.3, 0.4) is 0 Å². The average Bonchev–Trinajstić information content (AvgIpc) is 3.56. The van der Waals surface area contributed by atoms with Gasteiger partial charge in [-0.2, -0.15) is 0 Å². The highest BCUT2D eigenvalue weighted by molar-refractivity contribution is 6.03. The van der Waals surface area contributed by atoms with Crippen molar-refractivity contribution in [3.8, 4) is 0 Å². The van der Waals surface area contributed by atoms with Gasteiger partial charge in [0.25, 0.3) is 0 Å². The van der Waals surface area contributed by atoms with Crippen molar-refractivity contribution in [1.29, 1.82) is 0 Å². The fourth-order valence-electron chi connectivity index (χ4n) is 8.40. The molecule has 41 heavy (non-hydrogen) atoms. The van der Waals surface area contributed by atoms with Gasteiger partial charge in [-0.05, 0) is 68.2 Å². The van der Waals surface area contributed by atoms with E-state index in [1.54, 1.807) is 0 Å². The second kappa shape index (κ2) is 11.2. The number of ether oxygens (including phenoxy) is 1. The van der Waals surface area contributed by atoms with E-state index < -0.39 is 29.6 Å². The van der Waals surface area contributed by atoms with Crippen molar-refractivity contribution in [1.82, 2.24) is 10.2 Å². The summed E-state index contributed by atoms with van der Waals surface area (Å²) < 4.78 is 6.62. The Morgan fingerprint density at radius 1 is 0.927 bits per heavy atom. The summed E-state index contributed by atoms with van der Waals surface area (Å²) in [4.78, 5) is 44.6. The standard InChI is InChI=1S/C34H47N3O4/c1-20-15-16-24(19-22(20)3)35-31(38)28-27-17-18-34(41-27)29(28)33(40)37(25-12-8-6-5-7-9-13-25)30(34)32(39)36-26-14-10-11-21(2)23(26)4/h15-19,21,23,25-30H,5-14H2,1-4H3,(H,35,38)(H,36,39)/t21?,23?,26?,27-,28?,29-,30?,34?/m0/s1. The molecule has 3 heterocycles. The van der Waals surface area contributed by atoms with E-state index >= 15 is 0 Å². The number of aryl methyl sites for hydroxylation is 2. The Morgan fingerprint density at radius 2 is 1.66 bits per heavy atom. The summed E-state index contributed by atoms with van der Waals surface area (Å²) in [5.41, 5.74) is 1.86. The molecule has 0 aromatic heterocycles. The third-order valence-corrected chi connectivity index (χ3v) is 11.1. The first-order valence-corrected chi connectivity index (χ1v) is 16.1. The van der Waals surface area contributed by atoms with Gasteiger partial charge in [-0.25, -0.2) is 0 Å². The van der Waals surface area contributed by atoms with Crippen LogP contribution in [0, 0.1) is 37.5 Å². The van der Waals surface area contributed by atoms with Crippen LogP contribution in [0.5, 0.6) is 0 Å². The first-order valence-electron chi connectivity index (χ1n) is 16.1. The number of likely N-dealkylation sites (tertiary alicyclic amines) is 1. The van der Waals surface area contributed by atoms with E-state index in [2.05, 4.69) is 24.5 Å². The van der Waals surface area contributed by atoms with Crippen LogP contribution in [0.1, 0.15) is 89.2 Å². The zero-order valence-electron chi connectivity index (χ0n) is 25.2. The van der Waals surface area contributed by atoms with E-state index in [0.717, 1.165) is 68.2 Å². The van der Waals surface area contributed by atoms with Gasteiger partial charge in [0, 0.05) is 17.8 Å². The van der Waals surface area contributed by atoms with Crippen LogP contribution in [0.25, 0.3) is 0 Å². The summed E-state index contributed by atoms with van der Waals surface area (Å²) in [7, 11) is 0. The molecule has 1 aromatic carbocycles. The maximum Gasteiger partial charge on any atom is 0.246 e. The minimum atomic E-state index is -1.11. The second-order valence-electron chi connectivity index (χ2n) is 13.6. The summed E-state index contributed by atoms with van der Waals surface area (Å²) in [6, 6.07) is 5.18. The largest absolute Gasteiger partial charge is 0.359 e. The van der Waals surface area contributed by atoms with E-state index in [9.17, 15) is 14.4 Å². The van der Waals surface area contributed by atoms with Crippen molar-refractivity contribution in [3.05, 3.63) is 41.5 Å². The Labute approximate surface area is 244 Å². The quantitative estimate of drug-likeness (QED) is 0.468. The number of fused-ring (bicyclic) bond motifs is 1. The summed E-state index contributed by atoms with van der Waals surface area (Å²) in [5.74, 6) is -0.868. The molecule has 7 nitrogen and oxygen atoms in total. The fourth-order valence-corrected chi connectivity index (χ4v) is 8.40. The third kappa shape index (κ3) is 4.92. The van der Waals surface area contributed by atoms with Gasteiger partial charge in [0.1, 0.15) is 11.6 Å². The normalized spacial score (nSPS) is 37.0. The van der Waals surface area contributed by atoms with E-state index in [1.165, 1.54) is 12.8 Å². The topological polar surface area (TPSA) is 87.7 Å². The number of carbonyl (C=O) groups is 3.